The molecule has 1 amide bonds. The van der Waals surface area contributed by atoms with Gasteiger partial charge in [0.05, 0.1) is 28.1 Å². The molecule has 31 heavy (non-hydrogen) atoms. The van der Waals surface area contributed by atoms with Crippen LogP contribution in [0.2, 0.25) is 0 Å². The molecular formula is C23H22N2O4S2. The molecular weight excluding hydrogens is 432 g/mol. The fourth-order valence-corrected chi connectivity index (χ4v) is 5.27. The quantitative estimate of drug-likeness (QED) is 0.446. The predicted molar refractivity (Wildman–Crippen MR) is 123 cm³/mol. The number of hydrogen-bond donors (Lipinski definition) is 0. The van der Waals surface area contributed by atoms with E-state index in [9.17, 15) is 13.2 Å². The molecule has 6 nitrogen and oxygen atoms in total. The monoisotopic (exact) mass is 454 g/mol. The number of amides is 1. The molecule has 0 saturated heterocycles. The van der Waals surface area contributed by atoms with E-state index in [4.69, 9.17) is 4.74 Å². The highest BCUT2D eigenvalue weighted by atomic mass is 32.2. The average molecular weight is 455 g/mol. The minimum Gasteiger partial charge on any atom is -0.383 e. The Morgan fingerprint density at radius 3 is 2.58 bits per heavy atom. The summed E-state index contributed by atoms with van der Waals surface area (Å²) in [6, 6.07) is 18.9. The Kier molecular flexibility index (Phi) is 6.04. The largest absolute Gasteiger partial charge is 0.383 e. The lowest BCUT2D eigenvalue weighted by atomic mass is 10.1. The van der Waals surface area contributed by atoms with Gasteiger partial charge in [-0.25, -0.2) is 8.42 Å². The molecule has 8 heteroatoms. The Morgan fingerprint density at radius 1 is 1.06 bits per heavy atom. The number of ether oxygens (including phenoxy) is 1. The molecule has 0 aliphatic rings. The number of methoxy groups -OCH3 is 1. The number of fused-ring (bicyclic) bond motifs is 2. The molecule has 3 aromatic carbocycles. The van der Waals surface area contributed by atoms with Crippen LogP contribution in [0.1, 0.15) is 5.56 Å². The molecule has 0 saturated carbocycles. The van der Waals surface area contributed by atoms with Crippen LogP contribution in [0.4, 0.5) is 0 Å². The molecule has 0 bridgehead atoms. The molecule has 0 aliphatic heterocycles. The number of thiazole rings is 1. The van der Waals surface area contributed by atoms with E-state index in [0.29, 0.717) is 18.0 Å². The number of aromatic nitrogens is 1. The molecule has 0 unspecified atom stereocenters. The van der Waals surface area contributed by atoms with E-state index >= 15 is 0 Å². The second-order valence-corrected chi connectivity index (χ2v) is 10.3. The summed E-state index contributed by atoms with van der Waals surface area (Å²) >= 11 is 1.30. The molecule has 0 spiro atoms. The van der Waals surface area contributed by atoms with E-state index in [-0.39, 0.29) is 17.2 Å². The van der Waals surface area contributed by atoms with Crippen molar-refractivity contribution in [3.8, 4) is 0 Å². The highest BCUT2D eigenvalue weighted by Gasteiger charge is 2.13. The maximum absolute atomic E-state index is 12.7. The van der Waals surface area contributed by atoms with Crippen LogP contribution in [-0.4, -0.2) is 38.9 Å². The normalized spacial score (nSPS) is 12.6. The highest BCUT2D eigenvalue weighted by Crippen LogP contribution is 2.22. The van der Waals surface area contributed by atoms with Crippen LogP contribution in [0.15, 0.2) is 70.6 Å². The van der Waals surface area contributed by atoms with Gasteiger partial charge in [-0.2, -0.15) is 4.99 Å². The van der Waals surface area contributed by atoms with Crippen molar-refractivity contribution in [2.24, 2.45) is 4.99 Å². The first-order chi connectivity index (χ1) is 14.8. The van der Waals surface area contributed by atoms with Crippen molar-refractivity contribution in [3.05, 3.63) is 71.0 Å². The number of benzene rings is 3. The van der Waals surface area contributed by atoms with E-state index in [0.717, 1.165) is 26.6 Å². The zero-order valence-electron chi connectivity index (χ0n) is 17.2. The highest BCUT2D eigenvalue weighted by molar-refractivity contribution is 7.90. The molecule has 4 rings (SSSR count). The molecule has 0 aliphatic carbocycles. The molecule has 0 atom stereocenters. The first-order valence-corrected chi connectivity index (χ1v) is 12.4. The van der Waals surface area contributed by atoms with Crippen molar-refractivity contribution in [3.63, 3.8) is 0 Å². The molecule has 4 aromatic rings. The SMILES string of the molecule is COCCn1c(=NC(=O)Cc2ccc3ccccc3c2)sc2cc(S(C)(=O)=O)ccc21. The summed E-state index contributed by atoms with van der Waals surface area (Å²) < 4.78 is 31.7. The van der Waals surface area contributed by atoms with Gasteiger partial charge in [-0.3, -0.25) is 4.79 Å². The Bertz CT molecular complexity index is 1450. The summed E-state index contributed by atoms with van der Waals surface area (Å²) in [5.41, 5.74) is 1.73. The van der Waals surface area contributed by atoms with Crippen LogP contribution in [0, 0.1) is 0 Å². The van der Waals surface area contributed by atoms with Crippen molar-refractivity contribution >= 4 is 48.1 Å². The van der Waals surface area contributed by atoms with Gasteiger partial charge in [-0.05, 0) is 34.5 Å². The van der Waals surface area contributed by atoms with Gasteiger partial charge in [-0.15, -0.1) is 0 Å². The third-order valence-corrected chi connectivity index (χ3v) is 7.14. The van der Waals surface area contributed by atoms with E-state index in [1.54, 1.807) is 25.3 Å². The van der Waals surface area contributed by atoms with Gasteiger partial charge in [0.15, 0.2) is 14.6 Å². The van der Waals surface area contributed by atoms with Crippen LogP contribution in [0.3, 0.4) is 0 Å². The Labute approximate surface area is 184 Å². The first kappa shape index (κ1) is 21.4. The summed E-state index contributed by atoms with van der Waals surface area (Å²) in [6.45, 7) is 0.961. The molecule has 160 valence electrons. The van der Waals surface area contributed by atoms with Gasteiger partial charge in [0, 0.05) is 19.9 Å². The number of carbonyl (C=O) groups excluding carboxylic acids is 1. The fraction of sp³-hybridized carbons (Fsp3) is 0.217. The summed E-state index contributed by atoms with van der Waals surface area (Å²) in [4.78, 5) is 17.9. The third kappa shape index (κ3) is 4.76. The van der Waals surface area contributed by atoms with Crippen molar-refractivity contribution in [1.29, 1.82) is 0 Å². The minimum absolute atomic E-state index is 0.192. The van der Waals surface area contributed by atoms with E-state index in [2.05, 4.69) is 4.99 Å². The molecule has 1 heterocycles. The van der Waals surface area contributed by atoms with Crippen molar-refractivity contribution in [2.45, 2.75) is 17.9 Å². The van der Waals surface area contributed by atoms with Crippen LogP contribution in [0.5, 0.6) is 0 Å². The van der Waals surface area contributed by atoms with Crippen LogP contribution in [-0.2, 0) is 32.3 Å². The zero-order chi connectivity index (χ0) is 22.0. The maximum Gasteiger partial charge on any atom is 0.252 e. The zero-order valence-corrected chi connectivity index (χ0v) is 18.9. The third-order valence-electron chi connectivity index (χ3n) is 4.99. The van der Waals surface area contributed by atoms with Crippen molar-refractivity contribution < 1.29 is 17.9 Å². The number of carbonyl (C=O) groups is 1. The second-order valence-electron chi connectivity index (χ2n) is 7.29. The van der Waals surface area contributed by atoms with Gasteiger partial charge >= 0.3 is 0 Å². The minimum atomic E-state index is -3.32. The number of hydrogen-bond acceptors (Lipinski definition) is 5. The van der Waals surface area contributed by atoms with Gasteiger partial charge in [0.1, 0.15) is 0 Å². The van der Waals surface area contributed by atoms with Crippen molar-refractivity contribution in [2.75, 3.05) is 20.0 Å². The number of rotatable bonds is 6. The summed E-state index contributed by atoms with van der Waals surface area (Å²) in [5.74, 6) is -0.253. The van der Waals surface area contributed by atoms with Crippen LogP contribution >= 0.6 is 11.3 Å². The lowest BCUT2D eigenvalue weighted by Gasteiger charge is -2.05. The Morgan fingerprint density at radius 2 is 1.84 bits per heavy atom. The van der Waals surface area contributed by atoms with E-state index in [1.165, 1.54) is 17.6 Å². The average Bonchev–Trinajstić information content (AvgIpc) is 3.07. The van der Waals surface area contributed by atoms with Gasteiger partial charge in [-0.1, -0.05) is 53.8 Å². The lowest BCUT2D eigenvalue weighted by molar-refractivity contribution is -0.117. The Balaban J connectivity index is 1.72. The smallest absolute Gasteiger partial charge is 0.252 e. The van der Waals surface area contributed by atoms with Crippen LogP contribution < -0.4 is 4.80 Å². The lowest BCUT2D eigenvalue weighted by Crippen LogP contribution is -2.19. The summed E-state index contributed by atoms with van der Waals surface area (Å²) in [5, 5.41) is 2.21. The summed E-state index contributed by atoms with van der Waals surface area (Å²) in [6.07, 6.45) is 1.37. The topological polar surface area (TPSA) is 77.7 Å². The van der Waals surface area contributed by atoms with Gasteiger partial charge < -0.3 is 9.30 Å². The van der Waals surface area contributed by atoms with Crippen molar-refractivity contribution in [1.82, 2.24) is 4.57 Å². The fourth-order valence-electron chi connectivity index (χ4n) is 3.44. The predicted octanol–water partition coefficient (Wildman–Crippen LogP) is 3.58. The van der Waals surface area contributed by atoms with E-state index < -0.39 is 9.84 Å². The first-order valence-electron chi connectivity index (χ1n) is 9.73. The Hall–Kier alpha value is -2.81. The van der Waals surface area contributed by atoms with E-state index in [1.807, 2.05) is 47.0 Å². The summed E-state index contributed by atoms with van der Waals surface area (Å²) in [7, 11) is -1.71. The molecule has 0 N–H and O–H groups in total. The maximum atomic E-state index is 12.7. The number of sulfone groups is 1. The molecule has 0 fully saturated rings. The van der Waals surface area contributed by atoms with Gasteiger partial charge in [0.25, 0.3) is 5.91 Å². The molecule has 1 aromatic heterocycles. The molecule has 0 radical (unpaired) electrons. The number of nitrogens with zero attached hydrogens (tertiary/aromatic N) is 2. The van der Waals surface area contributed by atoms with Gasteiger partial charge in [0.2, 0.25) is 0 Å². The van der Waals surface area contributed by atoms with Crippen LogP contribution in [0.25, 0.3) is 21.0 Å². The standard InChI is InChI=1S/C23H22N2O4S2/c1-29-12-11-25-20-10-9-19(31(2,27)28)15-21(20)30-23(25)24-22(26)14-16-7-8-17-5-3-4-6-18(17)13-16/h3-10,13,15H,11-12,14H2,1-2H3. The second kappa shape index (κ2) is 8.74.